The Hall–Kier alpha value is -4.45. The number of nitrogens with zero attached hydrogens (tertiary/aromatic N) is 1. The third-order valence-corrected chi connectivity index (χ3v) is 8.33. The molecule has 2 aliphatic rings. The van der Waals surface area contributed by atoms with Crippen molar-refractivity contribution in [3.05, 3.63) is 65.7 Å². The number of aliphatic carboxylic acids is 1. The van der Waals surface area contributed by atoms with Gasteiger partial charge < -0.3 is 31.1 Å². The molecule has 1 saturated carbocycles. The molecule has 1 heterocycles. The number of aromatic hydroxyl groups is 1. The second-order valence-corrected chi connectivity index (χ2v) is 12.3. The molecule has 12 nitrogen and oxygen atoms in total. The summed E-state index contributed by atoms with van der Waals surface area (Å²) in [5.74, 6) is -2.97. The van der Waals surface area contributed by atoms with E-state index in [-0.39, 0.29) is 37.0 Å². The van der Waals surface area contributed by atoms with Crippen molar-refractivity contribution in [2.24, 2.45) is 5.92 Å². The first-order valence-corrected chi connectivity index (χ1v) is 15.5. The number of carbonyl (C=O) groups is 5. The van der Waals surface area contributed by atoms with Crippen molar-refractivity contribution in [1.82, 2.24) is 26.2 Å². The van der Waals surface area contributed by atoms with E-state index in [2.05, 4.69) is 21.3 Å². The summed E-state index contributed by atoms with van der Waals surface area (Å²) >= 11 is 0. The molecule has 0 aromatic heterocycles. The SMILES string of the molecule is CC(C)C[C@H](NC(=O)[C@H](Cc1ccccc1)NC(=O)CNC(=O)CN1C(=O)[C@H](Cc2ccc(O)cc2)NC12CCCC2)C(=O)O. The molecule has 4 amide bonds. The molecule has 6 N–H and O–H groups in total. The number of hydrogen-bond acceptors (Lipinski definition) is 7. The predicted molar refractivity (Wildman–Crippen MR) is 166 cm³/mol. The quantitative estimate of drug-likeness (QED) is 0.184. The van der Waals surface area contributed by atoms with E-state index in [1.54, 1.807) is 53.4 Å². The molecule has 0 radical (unpaired) electrons. The number of carboxylic acids is 1. The van der Waals surface area contributed by atoms with E-state index in [9.17, 15) is 34.2 Å². The second-order valence-electron chi connectivity index (χ2n) is 12.3. The van der Waals surface area contributed by atoms with Crippen LogP contribution in [0.3, 0.4) is 0 Å². The Balaban J connectivity index is 1.37. The van der Waals surface area contributed by atoms with Crippen molar-refractivity contribution in [2.75, 3.05) is 13.1 Å². The lowest BCUT2D eigenvalue weighted by Crippen LogP contribution is -2.55. The van der Waals surface area contributed by atoms with Gasteiger partial charge in [0.25, 0.3) is 0 Å². The van der Waals surface area contributed by atoms with Gasteiger partial charge in [0.15, 0.2) is 0 Å². The van der Waals surface area contributed by atoms with Gasteiger partial charge in [-0.1, -0.05) is 56.3 Å². The van der Waals surface area contributed by atoms with Crippen molar-refractivity contribution in [3.63, 3.8) is 0 Å². The van der Waals surface area contributed by atoms with E-state index < -0.39 is 54.0 Å². The summed E-state index contributed by atoms with van der Waals surface area (Å²) in [6.07, 6.45) is 4.01. The third kappa shape index (κ3) is 9.04. The van der Waals surface area contributed by atoms with Gasteiger partial charge in [-0.2, -0.15) is 0 Å². The number of nitrogens with one attached hydrogen (secondary N) is 4. The summed E-state index contributed by atoms with van der Waals surface area (Å²) in [5.41, 5.74) is 1.01. The monoisotopic (exact) mass is 621 g/mol. The van der Waals surface area contributed by atoms with Crippen LogP contribution in [-0.2, 0) is 36.8 Å². The number of carboxylic acid groups (broad SMARTS) is 1. The first-order valence-electron chi connectivity index (χ1n) is 15.5. The fraction of sp³-hybridized carbons (Fsp3) is 0.485. The van der Waals surface area contributed by atoms with Gasteiger partial charge in [-0.05, 0) is 67.7 Å². The van der Waals surface area contributed by atoms with E-state index in [0.717, 1.165) is 24.0 Å². The Bertz CT molecular complexity index is 1360. The number of phenols is 1. The van der Waals surface area contributed by atoms with E-state index in [1.807, 2.05) is 19.9 Å². The van der Waals surface area contributed by atoms with Crippen LogP contribution in [0.2, 0.25) is 0 Å². The number of phenolic OH excluding ortho intramolecular Hbond substituents is 1. The summed E-state index contributed by atoms with van der Waals surface area (Å²) in [4.78, 5) is 65.9. The number of benzene rings is 2. The van der Waals surface area contributed by atoms with Gasteiger partial charge in [0, 0.05) is 6.42 Å². The van der Waals surface area contributed by atoms with E-state index in [0.29, 0.717) is 19.3 Å². The fourth-order valence-corrected chi connectivity index (χ4v) is 6.12. The van der Waals surface area contributed by atoms with E-state index in [1.165, 1.54) is 0 Å². The molecule has 4 rings (SSSR count). The minimum atomic E-state index is -1.16. The van der Waals surface area contributed by atoms with Crippen molar-refractivity contribution in [3.8, 4) is 5.75 Å². The highest BCUT2D eigenvalue weighted by Gasteiger charge is 2.51. The third-order valence-electron chi connectivity index (χ3n) is 8.33. The smallest absolute Gasteiger partial charge is 0.326 e. The van der Waals surface area contributed by atoms with Gasteiger partial charge >= 0.3 is 5.97 Å². The maximum Gasteiger partial charge on any atom is 0.326 e. The Morgan fingerprint density at radius 2 is 1.60 bits per heavy atom. The molecule has 2 fully saturated rings. The normalized spacial score (nSPS) is 18.5. The maximum absolute atomic E-state index is 13.5. The zero-order valence-corrected chi connectivity index (χ0v) is 25.8. The Morgan fingerprint density at radius 3 is 2.22 bits per heavy atom. The van der Waals surface area contributed by atoms with Gasteiger partial charge in [0.2, 0.25) is 23.6 Å². The van der Waals surface area contributed by atoms with E-state index in [4.69, 9.17) is 0 Å². The number of amides is 4. The van der Waals surface area contributed by atoms with Crippen LogP contribution in [-0.4, -0.2) is 81.6 Å². The lowest BCUT2D eigenvalue weighted by Gasteiger charge is -2.34. The minimum absolute atomic E-state index is 0.0212. The van der Waals surface area contributed by atoms with Gasteiger partial charge in [0.1, 0.15) is 24.4 Å². The van der Waals surface area contributed by atoms with Gasteiger partial charge in [-0.15, -0.1) is 0 Å². The Morgan fingerprint density at radius 1 is 0.933 bits per heavy atom. The average molecular weight is 622 g/mol. The molecular formula is C33H43N5O7. The molecule has 1 spiro atoms. The number of rotatable bonds is 14. The molecule has 45 heavy (non-hydrogen) atoms. The van der Waals surface area contributed by atoms with Crippen molar-refractivity contribution in [1.29, 1.82) is 0 Å². The molecule has 1 aliphatic carbocycles. The topological polar surface area (TPSA) is 177 Å². The largest absolute Gasteiger partial charge is 0.508 e. The second kappa shape index (κ2) is 15.0. The number of carbonyl (C=O) groups excluding carboxylic acids is 4. The number of hydrogen-bond donors (Lipinski definition) is 6. The van der Waals surface area contributed by atoms with Crippen molar-refractivity contribution < 1.29 is 34.2 Å². The first kappa shape index (κ1) is 33.4. The lowest BCUT2D eigenvalue weighted by molar-refractivity contribution is -0.142. The highest BCUT2D eigenvalue weighted by Crippen LogP contribution is 2.38. The van der Waals surface area contributed by atoms with Crippen molar-refractivity contribution in [2.45, 2.75) is 82.6 Å². The van der Waals surface area contributed by atoms with Gasteiger partial charge in [0.05, 0.1) is 18.2 Å². The zero-order chi connectivity index (χ0) is 32.6. The summed E-state index contributed by atoms with van der Waals surface area (Å²) in [6, 6.07) is 13.0. The summed E-state index contributed by atoms with van der Waals surface area (Å²) < 4.78 is 0. The summed E-state index contributed by atoms with van der Waals surface area (Å²) in [5, 5.41) is 30.4. The van der Waals surface area contributed by atoms with Crippen LogP contribution in [0.15, 0.2) is 54.6 Å². The highest BCUT2D eigenvalue weighted by molar-refractivity contribution is 5.94. The molecule has 1 aliphatic heterocycles. The van der Waals surface area contributed by atoms with Crippen LogP contribution in [0.1, 0.15) is 57.1 Å². The molecule has 2 aromatic carbocycles. The Labute approximate surface area is 262 Å². The zero-order valence-electron chi connectivity index (χ0n) is 25.8. The van der Waals surface area contributed by atoms with Crippen LogP contribution in [0.5, 0.6) is 5.75 Å². The molecule has 12 heteroatoms. The first-order chi connectivity index (χ1) is 21.5. The molecule has 2 aromatic rings. The molecule has 0 unspecified atom stereocenters. The maximum atomic E-state index is 13.5. The van der Waals surface area contributed by atoms with Crippen LogP contribution in [0.25, 0.3) is 0 Å². The molecule has 242 valence electrons. The van der Waals surface area contributed by atoms with Crippen LogP contribution in [0, 0.1) is 5.92 Å². The molecule has 3 atom stereocenters. The lowest BCUT2D eigenvalue weighted by atomic mass is 10.0. The predicted octanol–water partition coefficient (Wildman–Crippen LogP) is 1.46. The molecule has 0 bridgehead atoms. The van der Waals surface area contributed by atoms with Crippen LogP contribution < -0.4 is 21.3 Å². The van der Waals surface area contributed by atoms with Gasteiger partial charge in [-0.25, -0.2) is 4.79 Å². The molecular weight excluding hydrogens is 578 g/mol. The standard InChI is InChI=1S/C33H43N5O7/c1-21(2)16-27(32(44)45)36-30(42)25(17-22-8-4-3-5-9-22)35-28(40)19-34-29(41)20-38-31(43)26(37-33(38)14-6-7-15-33)18-23-10-12-24(39)13-11-23/h3-5,8-13,21,25-27,37,39H,6-7,14-20H2,1-2H3,(H,34,41)(H,35,40)(H,36,42)(H,44,45)/t25-,26-,27-/m0/s1. The molecule has 1 saturated heterocycles. The summed E-state index contributed by atoms with van der Waals surface area (Å²) in [6.45, 7) is 3.05. The average Bonchev–Trinajstić information content (AvgIpc) is 3.57. The van der Waals surface area contributed by atoms with E-state index >= 15 is 0 Å². The van der Waals surface area contributed by atoms with Crippen molar-refractivity contribution >= 4 is 29.6 Å². The van der Waals surface area contributed by atoms with Crippen LogP contribution in [0.4, 0.5) is 0 Å². The van der Waals surface area contributed by atoms with Gasteiger partial charge in [-0.3, -0.25) is 24.5 Å². The fourth-order valence-electron chi connectivity index (χ4n) is 6.12. The minimum Gasteiger partial charge on any atom is -0.508 e. The summed E-state index contributed by atoms with van der Waals surface area (Å²) in [7, 11) is 0. The Kier molecular flexibility index (Phi) is 11.2. The highest BCUT2D eigenvalue weighted by atomic mass is 16.4. The van der Waals surface area contributed by atoms with Crippen LogP contribution >= 0.6 is 0 Å².